The highest BCUT2D eigenvalue weighted by Gasteiger charge is 2.38. The van der Waals surface area contributed by atoms with Crippen LogP contribution in [-0.2, 0) is 0 Å². The van der Waals surface area contributed by atoms with Crippen LogP contribution in [-0.4, -0.2) is 54.5 Å². The van der Waals surface area contributed by atoms with Crippen LogP contribution < -0.4 is 5.32 Å². The fourth-order valence-corrected chi connectivity index (χ4v) is 1.79. The molecule has 1 unspecified atom stereocenters. The smallest absolute Gasteiger partial charge is 0.390 e. The van der Waals surface area contributed by atoms with Crippen molar-refractivity contribution in [1.29, 1.82) is 0 Å². The van der Waals surface area contributed by atoms with Gasteiger partial charge in [-0.15, -0.1) is 0 Å². The van der Waals surface area contributed by atoms with Gasteiger partial charge in [-0.25, -0.2) is 0 Å². The number of hydrogen-bond acceptors (Lipinski definition) is 3. The molecular formula is C11H21F3N2O. The van der Waals surface area contributed by atoms with Gasteiger partial charge in [0, 0.05) is 19.1 Å². The van der Waals surface area contributed by atoms with E-state index in [0.717, 1.165) is 25.8 Å². The molecule has 1 rings (SSSR count). The van der Waals surface area contributed by atoms with Crippen molar-refractivity contribution >= 4 is 0 Å². The molecule has 2 N–H and O–H groups in total. The van der Waals surface area contributed by atoms with Crippen molar-refractivity contribution in [2.75, 3.05) is 26.2 Å². The fourth-order valence-electron chi connectivity index (χ4n) is 1.79. The predicted molar refractivity (Wildman–Crippen MR) is 59.8 cm³/mol. The number of alkyl halides is 3. The molecule has 17 heavy (non-hydrogen) atoms. The molecule has 1 fully saturated rings. The van der Waals surface area contributed by atoms with Gasteiger partial charge in [-0.1, -0.05) is 6.92 Å². The highest BCUT2D eigenvalue weighted by Crippen LogP contribution is 2.30. The minimum atomic E-state index is -4.18. The summed E-state index contributed by atoms with van der Waals surface area (Å²) in [6, 6.07) is 0.0115. The lowest BCUT2D eigenvalue weighted by molar-refractivity contribution is -0.149. The molecule has 0 aliphatic heterocycles. The number of aliphatic hydroxyl groups excluding tert-OH is 1. The van der Waals surface area contributed by atoms with Crippen molar-refractivity contribution in [2.24, 2.45) is 0 Å². The van der Waals surface area contributed by atoms with Crippen LogP contribution in [0.25, 0.3) is 0 Å². The molecule has 0 aromatic rings. The van der Waals surface area contributed by atoms with E-state index in [1.54, 1.807) is 0 Å². The number of halogens is 3. The Morgan fingerprint density at radius 3 is 2.53 bits per heavy atom. The van der Waals surface area contributed by atoms with Gasteiger partial charge in [-0.2, -0.15) is 13.2 Å². The Labute approximate surface area is 100.0 Å². The van der Waals surface area contributed by atoms with E-state index in [1.165, 1.54) is 4.90 Å². The summed E-state index contributed by atoms with van der Waals surface area (Å²) in [4.78, 5) is 1.35. The van der Waals surface area contributed by atoms with Crippen LogP contribution in [0.4, 0.5) is 13.2 Å². The maximum Gasteiger partial charge on any atom is 0.401 e. The van der Waals surface area contributed by atoms with Gasteiger partial charge < -0.3 is 10.4 Å². The van der Waals surface area contributed by atoms with Crippen molar-refractivity contribution in [1.82, 2.24) is 10.2 Å². The minimum absolute atomic E-state index is 0.0115. The summed E-state index contributed by atoms with van der Waals surface area (Å²) < 4.78 is 36.9. The molecule has 0 aromatic carbocycles. The average Bonchev–Trinajstić information content (AvgIpc) is 2.98. The number of nitrogens with one attached hydrogen (secondary N) is 1. The van der Waals surface area contributed by atoms with E-state index in [-0.39, 0.29) is 12.6 Å². The van der Waals surface area contributed by atoms with Crippen LogP contribution >= 0.6 is 0 Å². The Bertz CT molecular complexity index is 219. The molecule has 102 valence electrons. The zero-order valence-electron chi connectivity index (χ0n) is 10.1. The second-order valence-corrected chi connectivity index (χ2v) is 4.63. The molecule has 0 radical (unpaired) electrons. The predicted octanol–water partition coefficient (Wildman–Crippen LogP) is 1.37. The van der Waals surface area contributed by atoms with Gasteiger partial charge in [-0.3, -0.25) is 4.90 Å². The van der Waals surface area contributed by atoms with E-state index in [1.807, 2.05) is 6.92 Å². The topological polar surface area (TPSA) is 35.5 Å². The molecule has 0 amide bonds. The van der Waals surface area contributed by atoms with E-state index < -0.39 is 18.8 Å². The van der Waals surface area contributed by atoms with E-state index >= 15 is 0 Å². The molecule has 1 aliphatic carbocycles. The molecule has 6 heteroatoms. The van der Waals surface area contributed by atoms with Crippen molar-refractivity contribution < 1.29 is 18.3 Å². The van der Waals surface area contributed by atoms with Crippen LogP contribution in [0, 0.1) is 0 Å². The van der Waals surface area contributed by atoms with E-state index in [0.29, 0.717) is 6.54 Å². The molecule has 0 bridgehead atoms. The third-order valence-corrected chi connectivity index (χ3v) is 2.70. The third-order valence-electron chi connectivity index (χ3n) is 2.70. The minimum Gasteiger partial charge on any atom is -0.390 e. The Balaban J connectivity index is 2.28. The summed E-state index contributed by atoms with van der Waals surface area (Å²) in [6.45, 7) is 2.32. The average molecular weight is 254 g/mol. The number of rotatable bonds is 8. The first-order valence-corrected chi connectivity index (χ1v) is 6.12. The lowest BCUT2D eigenvalue weighted by Crippen LogP contribution is -2.43. The summed E-state index contributed by atoms with van der Waals surface area (Å²) in [6.07, 6.45) is -2.35. The van der Waals surface area contributed by atoms with Gasteiger partial charge in [0.15, 0.2) is 0 Å². The first-order chi connectivity index (χ1) is 7.92. The lowest BCUT2D eigenvalue weighted by atomic mass is 10.3. The molecule has 1 aliphatic rings. The summed E-state index contributed by atoms with van der Waals surface area (Å²) >= 11 is 0. The molecular weight excluding hydrogens is 233 g/mol. The van der Waals surface area contributed by atoms with Crippen LogP contribution in [0.3, 0.4) is 0 Å². The van der Waals surface area contributed by atoms with Gasteiger partial charge in [-0.05, 0) is 25.8 Å². The largest absolute Gasteiger partial charge is 0.401 e. The molecule has 1 saturated carbocycles. The molecule has 1 atom stereocenters. The molecule has 0 aromatic heterocycles. The second-order valence-electron chi connectivity index (χ2n) is 4.63. The first-order valence-electron chi connectivity index (χ1n) is 6.12. The van der Waals surface area contributed by atoms with Crippen LogP contribution in [0.15, 0.2) is 0 Å². The highest BCUT2D eigenvalue weighted by atomic mass is 19.4. The summed E-state index contributed by atoms with van der Waals surface area (Å²) in [5.74, 6) is 0. The van der Waals surface area contributed by atoms with Crippen molar-refractivity contribution in [3.63, 3.8) is 0 Å². The maximum atomic E-state index is 12.3. The number of hydrogen-bond donors (Lipinski definition) is 2. The SMILES string of the molecule is CCCNCC(O)CN(CC(F)(F)F)C1CC1. The fraction of sp³-hybridized carbons (Fsp3) is 1.00. The Morgan fingerprint density at radius 2 is 2.06 bits per heavy atom. The normalized spacial score (nSPS) is 18.7. The highest BCUT2D eigenvalue weighted by molar-refractivity contribution is 4.87. The van der Waals surface area contributed by atoms with E-state index in [9.17, 15) is 18.3 Å². The number of nitrogens with zero attached hydrogens (tertiary/aromatic N) is 1. The van der Waals surface area contributed by atoms with E-state index in [2.05, 4.69) is 5.32 Å². The molecule has 3 nitrogen and oxygen atoms in total. The monoisotopic (exact) mass is 254 g/mol. The molecule has 0 saturated heterocycles. The Morgan fingerprint density at radius 1 is 1.41 bits per heavy atom. The second kappa shape index (κ2) is 6.56. The Hall–Kier alpha value is -0.330. The molecule has 0 heterocycles. The summed E-state index contributed by atoms with van der Waals surface area (Å²) in [7, 11) is 0. The van der Waals surface area contributed by atoms with E-state index in [4.69, 9.17) is 0 Å². The van der Waals surface area contributed by atoms with Gasteiger partial charge in [0.1, 0.15) is 0 Å². The summed E-state index contributed by atoms with van der Waals surface area (Å²) in [5.41, 5.74) is 0. The first kappa shape index (κ1) is 14.7. The zero-order valence-corrected chi connectivity index (χ0v) is 10.1. The van der Waals surface area contributed by atoms with Crippen molar-refractivity contribution in [3.8, 4) is 0 Å². The zero-order chi connectivity index (χ0) is 12.9. The van der Waals surface area contributed by atoms with Crippen molar-refractivity contribution in [3.05, 3.63) is 0 Å². The van der Waals surface area contributed by atoms with Gasteiger partial charge in [0.05, 0.1) is 12.6 Å². The quantitative estimate of drug-likeness (QED) is 0.642. The van der Waals surface area contributed by atoms with Crippen LogP contribution in [0.5, 0.6) is 0 Å². The maximum absolute atomic E-state index is 12.3. The Kier molecular flexibility index (Phi) is 5.69. The van der Waals surface area contributed by atoms with Crippen LogP contribution in [0.1, 0.15) is 26.2 Å². The van der Waals surface area contributed by atoms with Gasteiger partial charge >= 0.3 is 6.18 Å². The molecule has 0 spiro atoms. The third kappa shape index (κ3) is 6.85. The number of aliphatic hydroxyl groups is 1. The van der Waals surface area contributed by atoms with Crippen LogP contribution in [0.2, 0.25) is 0 Å². The lowest BCUT2D eigenvalue weighted by Gasteiger charge is -2.26. The van der Waals surface area contributed by atoms with Gasteiger partial charge in [0.25, 0.3) is 0 Å². The van der Waals surface area contributed by atoms with Gasteiger partial charge in [0.2, 0.25) is 0 Å². The van der Waals surface area contributed by atoms with Crippen molar-refractivity contribution in [2.45, 2.75) is 44.5 Å². The summed E-state index contributed by atoms with van der Waals surface area (Å²) in [5, 5.41) is 12.7. The standard InChI is InChI=1S/C11H21F3N2O/c1-2-5-15-6-10(17)7-16(9-3-4-9)8-11(12,13)14/h9-10,15,17H,2-8H2,1H3.